The molecule has 20 rings (SSSR count). The summed E-state index contributed by atoms with van der Waals surface area (Å²) < 4.78 is 14.1. The Morgan fingerprint density at radius 1 is 0.225 bits per heavy atom. The molecule has 14 nitrogen and oxygen atoms in total. The van der Waals surface area contributed by atoms with Crippen molar-refractivity contribution in [2.24, 2.45) is 7.05 Å². The maximum Gasteiger partial charge on any atom is 0.152 e. The van der Waals surface area contributed by atoms with Gasteiger partial charge in [-0.1, -0.05) is 317 Å². The molecule has 0 aliphatic rings. The van der Waals surface area contributed by atoms with Crippen molar-refractivity contribution in [1.82, 2.24) is 32.0 Å². The highest BCUT2D eigenvalue weighted by atomic mass is 35.5. The molecule has 0 aliphatic heterocycles. The molecule has 0 amide bonds. The number of carbonyl (C=O) groups is 7. The van der Waals surface area contributed by atoms with Crippen molar-refractivity contribution < 1.29 is 33.6 Å². The van der Waals surface area contributed by atoms with E-state index in [4.69, 9.17) is 92.8 Å². The SMILES string of the molecule is Cc1ccc(Cn2cc(C=O)c3cccc(Cl)c32)cc1.Cn1cc(C=O)c2cccc(Cl)c21.O=Cc1cn(Cc2ccc(Cl)cc2)c2c(Cl)cccc12.O=Cc1cn(Cc2ccccc2)c2c(Cl)cccc12.O=Cc1cn(Cc2ccccc2)c2cc(Cl)ccc12.O=Cc1cn(Cc2ccccc2)c2ccc(Cl)cc12.O=Cc1cn(Cc2ccccc2)c2cccc(Cl)c12. The minimum absolute atomic E-state index is 0.617. The quantitative estimate of drug-likeness (QED) is 0.0730. The first kappa shape index (κ1) is 91.8. The summed E-state index contributed by atoms with van der Waals surface area (Å²) in [7, 11) is 1.88. The Kier molecular flexibility index (Phi) is 30.9. The van der Waals surface area contributed by atoms with Crippen LogP contribution in [0.5, 0.6) is 0 Å². The average Bonchev–Trinajstić information content (AvgIpc) is 1.60. The number of benzene rings is 13. The Bertz CT molecular complexity index is 7210. The number of nitrogens with zero attached hydrogens (tertiary/aromatic N) is 7. The summed E-state index contributed by atoms with van der Waals surface area (Å²) in [4.78, 5) is 77.6. The van der Waals surface area contributed by atoms with Gasteiger partial charge in [0.1, 0.15) is 0 Å². The molecule has 0 fully saturated rings. The van der Waals surface area contributed by atoms with E-state index in [2.05, 4.69) is 93.4 Å². The predicted molar refractivity (Wildman–Crippen MR) is 530 cm³/mol. The van der Waals surface area contributed by atoms with Crippen LogP contribution in [-0.2, 0) is 46.3 Å². The smallest absolute Gasteiger partial charge is 0.152 e. The van der Waals surface area contributed by atoms with Crippen LogP contribution in [0.25, 0.3) is 76.3 Å². The van der Waals surface area contributed by atoms with Gasteiger partial charge in [-0.05, 0) is 119 Å². The highest BCUT2D eigenvalue weighted by molar-refractivity contribution is 6.38. The summed E-state index contributed by atoms with van der Waals surface area (Å²) >= 11 is 48.9. The van der Waals surface area contributed by atoms with Crippen LogP contribution in [0.2, 0.25) is 40.2 Å². The Morgan fingerprint density at radius 3 is 0.938 bits per heavy atom. The number of aldehydes is 7. The van der Waals surface area contributed by atoms with E-state index >= 15 is 0 Å². The van der Waals surface area contributed by atoms with Gasteiger partial charge in [-0.3, -0.25) is 33.6 Å². The molecule has 0 spiro atoms. The molecule has 0 saturated heterocycles. The zero-order valence-electron chi connectivity index (χ0n) is 69.6. The average molecular weight is 1860 g/mol. The maximum atomic E-state index is 11.2. The fraction of sp³-hybridized carbons (Fsp3) is 0.0748. The standard InChI is InChI=1S/C17H14ClNO.C16H11Cl2NO.4C16H12ClNO.C10H8ClNO/c1-12-5-7-13(8-6-12)9-19-10-14(11-20)15-3-2-4-16(18)17(15)19;17-13-6-4-11(5-7-13)8-19-9-12(10-20)14-2-1-3-15(18)16(14)19;17-14-7-4-8-15-16(14)13(11-19)10-18(15)9-12-5-2-1-3-6-12;17-15-8-4-7-14-13(11-19)10-18(16(14)15)9-12-5-2-1-3-6-12;17-14-6-7-16-15(8-14)13(11-19)10-18(16)9-12-4-2-1-3-5-12;17-14-6-7-15-13(11-19)10-18(16(15)8-14)9-12-4-2-1-3-5-12;1-12-5-7(6-13)8-3-2-4-9(11)10(8)12/h2-8,10-11H,9H2,1H3;1-7,9-10H,8H2;4*1-8,10-11H,9H2;2-6H,1H3. The third-order valence-electron chi connectivity index (χ3n) is 21.7. The lowest BCUT2D eigenvalue weighted by atomic mass is 10.1. The van der Waals surface area contributed by atoms with Gasteiger partial charge in [-0.2, -0.15) is 0 Å². The van der Waals surface area contributed by atoms with Crippen LogP contribution in [0.15, 0.2) is 341 Å². The predicted octanol–water partition coefficient (Wildman–Crippen LogP) is 28.5. The van der Waals surface area contributed by atoms with E-state index in [9.17, 15) is 33.6 Å². The molecule has 642 valence electrons. The molecule has 22 heteroatoms. The highest BCUT2D eigenvalue weighted by Crippen LogP contribution is 2.35. The van der Waals surface area contributed by atoms with Crippen molar-refractivity contribution in [3.8, 4) is 0 Å². The van der Waals surface area contributed by atoms with Gasteiger partial charge < -0.3 is 32.0 Å². The summed E-state index contributed by atoms with van der Waals surface area (Å²) in [5.74, 6) is 0. The molecule has 0 saturated carbocycles. The zero-order valence-corrected chi connectivity index (χ0v) is 75.7. The Labute approximate surface area is 784 Å². The third kappa shape index (κ3) is 22.1. The molecule has 7 aromatic heterocycles. The number of hydrogen-bond donors (Lipinski definition) is 0. The number of halogens is 8. The second-order valence-electron chi connectivity index (χ2n) is 30.3. The van der Waals surface area contributed by atoms with Crippen LogP contribution >= 0.6 is 92.8 Å². The van der Waals surface area contributed by atoms with Crippen molar-refractivity contribution in [2.75, 3.05) is 0 Å². The number of hydrogen-bond acceptors (Lipinski definition) is 7. The lowest BCUT2D eigenvalue weighted by molar-refractivity contribution is 0.111. The normalized spacial score (nSPS) is 10.8. The molecule has 20 aromatic rings. The lowest BCUT2D eigenvalue weighted by Crippen LogP contribution is -1.98. The molecule has 13 aromatic carbocycles. The van der Waals surface area contributed by atoms with Crippen LogP contribution in [0.4, 0.5) is 0 Å². The largest absolute Gasteiger partial charge is 0.349 e. The van der Waals surface area contributed by atoms with E-state index < -0.39 is 0 Å². The molecule has 0 radical (unpaired) electrons. The molecular weight excluding hydrogens is 1780 g/mol. The molecule has 129 heavy (non-hydrogen) atoms. The number of fused-ring (bicyclic) bond motifs is 7. The fourth-order valence-corrected chi connectivity index (χ4v) is 17.5. The maximum absolute atomic E-state index is 11.2. The molecule has 0 unspecified atom stereocenters. The van der Waals surface area contributed by atoms with Crippen molar-refractivity contribution >= 4 is 213 Å². The minimum atomic E-state index is 0.617. The van der Waals surface area contributed by atoms with Gasteiger partial charge in [-0.25, -0.2) is 0 Å². The van der Waals surface area contributed by atoms with E-state index in [-0.39, 0.29) is 0 Å². The van der Waals surface area contributed by atoms with E-state index in [1.807, 2.05) is 287 Å². The number of aromatic nitrogens is 7. The van der Waals surface area contributed by atoms with Crippen molar-refractivity contribution in [2.45, 2.75) is 46.2 Å². The van der Waals surface area contributed by atoms with Crippen molar-refractivity contribution in [3.63, 3.8) is 0 Å². The van der Waals surface area contributed by atoms with E-state index in [0.29, 0.717) is 98.8 Å². The zero-order chi connectivity index (χ0) is 90.6. The third-order valence-corrected chi connectivity index (χ3v) is 23.9. The first-order chi connectivity index (χ1) is 62.7. The number of para-hydroxylation sites is 4. The van der Waals surface area contributed by atoms with Crippen molar-refractivity contribution in [1.29, 1.82) is 0 Å². The number of aryl methyl sites for hydroxylation is 2. The van der Waals surface area contributed by atoms with Gasteiger partial charge in [0.25, 0.3) is 0 Å². The van der Waals surface area contributed by atoms with Gasteiger partial charge in [0, 0.05) is 187 Å². The molecule has 0 bridgehead atoms. The second kappa shape index (κ2) is 43.4. The molecule has 0 atom stereocenters. The summed E-state index contributed by atoms with van der Waals surface area (Å²) in [5.41, 5.74) is 19.6. The van der Waals surface area contributed by atoms with Gasteiger partial charge in [-0.15, -0.1) is 0 Å². The minimum Gasteiger partial charge on any atom is -0.349 e. The van der Waals surface area contributed by atoms with Crippen LogP contribution in [0, 0.1) is 6.92 Å². The van der Waals surface area contributed by atoms with E-state index in [1.54, 1.807) is 6.20 Å². The Morgan fingerprint density at radius 2 is 0.519 bits per heavy atom. The Balaban J connectivity index is 0.000000122. The molecule has 7 heterocycles. The first-order valence-corrected chi connectivity index (χ1v) is 43.8. The second-order valence-corrected chi connectivity index (χ2v) is 33.7. The first-order valence-electron chi connectivity index (χ1n) is 40.8. The van der Waals surface area contributed by atoms with Crippen LogP contribution in [-0.4, -0.2) is 76.0 Å². The van der Waals surface area contributed by atoms with Crippen LogP contribution < -0.4 is 0 Å². The van der Waals surface area contributed by atoms with Gasteiger partial charge in [0.05, 0.1) is 58.2 Å². The van der Waals surface area contributed by atoms with Crippen molar-refractivity contribution in [3.05, 3.63) is 459 Å². The monoisotopic (exact) mass is 1860 g/mol. The summed E-state index contributed by atoms with van der Waals surface area (Å²) in [6.07, 6.45) is 19.0. The van der Waals surface area contributed by atoms with Crippen LogP contribution in [0.3, 0.4) is 0 Å². The number of carbonyl (C=O) groups excluding carboxylic acids is 7. The summed E-state index contributed by atoms with van der Waals surface area (Å²) in [6.45, 7) is 6.31. The fourth-order valence-electron chi connectivity index (χ4n) is 15.6. The highest BCUT2D eigenvalue weighted by Gasteiger charge is 2.18. The van der Waals surface area contributed by atoms with Gasteiger partial charge >= 0.3 is 0 Å². The Hall–Kier alpha value is -13.4. The summed E-state index contributed by atoms with van der Waals surface area (Å²) in [6, 6.07) is 95.9. The topological polar surface area (TPSA) is 154 Å². The summed E-state index contributed by atoms with van der Waals surface area (Å²) in [5, 5.41) is 11.6. The number of rotatable bonds is 19. The molecular formula is C107H81Cl8N7O7. The van der Waals surface area contributed by atoms with E-state index in [1.165, 1.54) is 33.4 Å². The van der Waals surface area contributed by atoms with Gasteiger partial charge in [0.15, 0.2) is 44.0 Å². The lowest BCUT2D eigenvalue weighted by Gasteiger charge is -2.07. The molecule has 0 N–H and O–H groups in total. The van der Waals surface area contributed by atoms with Gasteiger partial charge in [0.2, 0.25) is 0 Å². The van der Waals surface area contributed by atoms with Crippen LogP contribution in [0.1, 0.15) is 111 Å². The molecule has 0 aliphatic carbocycles. The van der Waals surface area contributed by atoms with E-state index in [0.717, 1.165) is 146 Å².